The molecule has 3 unspecified atom stereocenters. The van der Waals surface area contributed by atoms with Gasteiger partial charge in [0, 0.05) is 18.8 Å². The van der Waals surface area contributed by atoms with Crippen molar-refractivity contribution in [1.29, 1.82) is 0 Å². The van der Waals surface area contributed by atoms with Gasteiger partial charge in [0.05, 0.1) is 11.7 Å². The molecule has 4 nitrogen and oxygen atoms in total. The van der Waals surface area contributed by atoms with Gasteiger partial charge in [-0.2, -0.15) is 5.10 Å². The number of hydrogen-bond acceptors (Lipinski definition) is 3. The second kappa shape index (κ2) is 5.85. The molecule has 3 atom stereocenters. The second-order valence-electron chi connectivity index (χ2n) is 5.60. The van der Waals surface area contributed by atoms with Gasteiger partial charge in [0.1, 0.15) is 0 Å². The molecule has 0 saturated heterocycles. The highest BCUT2D eigenvalue weighted by atomic mass is 15.3. The van der Waals surface area contributed by atoms with E-state index in [-0.39, 0.29) is 6.04 Å². The smallest absolute Gasteiger partial charge is 0.0642 e. The van der Waals surface area contributed by atoms with Gasteiger partial charge >= 0.3 is 0 Å². The Bertz CT molecular complexity index is 385. The molecule has 4 heteroatoms. The molecule has 1 aliphatic carbocycles. The van der Waals surface area contributed by atoms with E-state index in [1.807, 2.05) is 11.7 Å². The van der Waals surface area contributed by atoms with Crippen LogP contribution in [0.2, 0.25) is 0 Å². The molecule has 1 aromatic heterocycles. The molecule has 1 aliphatic rings. The topological polar surface area (TPSA) is 55.9 Å². The van der Waals surface area contributed by atoms with E-state index >= 15 is 0 Å². The Morgan fingerprint density at radius 3 is 2.78 bits per heavy atom. The lowest BCUT2D eigenvalue weighted by molar-refractivity contribution is 0.175. The van der Waals surface area contributed by atoms with Crippen molar-refractivity contribution in [2.75, 3.05) is 0 Å². The minimum absolute atomic E-state index is 0.254. The Balaban J connectivity index is 2.24. The van der Waals surface area contributed by atoms with E-state index in [0.29, 0.717) is 5.92 Å². The molecular formula is C14H26N4. The summed E-state index contributed by atoms with van der Waals surface area (Å²) in [7, 11) is 1.97. The average molecular weight is 250 g/mol. The van der Waals surface area contributed by atoms with Crippen LogP contribution in [0.5, 0.6) is 0 Å². The Morgan fingerprint density at radius 2 is 2.22 bits per heavy atom. The van der Waals surface area contributed by atoms with Crippen LogP contribution in [-0.2, 0) is 7.05 Å². The summed E-state index contributed by atoms with van der Waals surface area (Å²) in [6.45, 7) is 4.37. The highest BCUT2D eigenvalue weighted by Crippen LogP contribution is 2.40. The van der Waals surface area contributed by atoms with Gasteiger partial charge in [-0.3, -0.25) is 16.0 Å². The molecule has 1 fully saturated rings. The largest absolute Gasteiger partial charge is 0.275 e. The highest BCUT2D eigenvalue weighted by molar-refractivity contribution is 5.21. The zero-order valence-corrected chi connectivity index (χ0v) is 11.8. The normalized spacial score (nSPS) is 26.2. The summed E-state index contributed by atoms with van der Waals surface area (Å²) in [5, 5.41) is 4.45. The van der Waals surface area contributed by atoms with Gasteiger partial charge in [-0.15, -0.1) is 0 Å². The molecule has 0 spiro atoms. The van der Waals surface area contributed by atoms with E-state index in [1.54, 1.807) is 0 Å². The fourth-order valence-corrected chi connectivity index (χ4v) is 3.55. The van der Waals surface area contributed by atoms with Crippen molar-refractivity contribution >= 4 is 0 Å². The monoisotopic (exact) mass is 250 g/mol. The van der Waals surface area contributed by atoms with Crippen molar-refractivity contribution < 1.29 is 0 Å². The van der Waals surface area contributed by atoms with Gasteiger partial charge in [0.25, 0.3) is 0 Å². The first-order valence-corrected chi connectivity index (χ1v) is 7.13. The van der Waals surface area contributed by atoms with Crippen LogP contribution in [0.25, 0.3) is 0 Å². The van der Waals surface area contributed by atoms with Crippen LogP contribution in [-0.4, -0.2) is 9.78 Å². The van der Waals surface area contributed by atoms with Crippen LogP contribution in [0.1, 0.15) is 56.3 Å². The van der Waals surface area contributed by atoms with Crippen LogP contribution < -0.4 is 11.3 Å². The summed E-state index contributed by atoms with van der Waals surface area (Å²) in [5.41, 5.74) is 5.42. The fraction of sp³-hybridized carbons (Fsp3) is 0.786. The number of aromatic nitrogens is 2. The maximum absolute atomic E-state index is 5.84. The maximum Gasteiger partial charge on any atom is 0.0642 e. The van der Waals surface area contributed by atoms with Crippen LogP contribution in [0.3, 0.4) is 0 Å². The van der Waals surface area contributed by atoms with Gasteiger partial charge < -0.3 is 0 Å². The van der Waals surface area contributed by atoms with E-state index in [9.17, 15) is 0 Å². The summed E-state index contributed by atoms with van der Waals surface area (Å²) in [6.07, 6.45) is 8.70. The lowest BCUT2D eigenvalue weighted by Gasteiger charge is -2.36. The molecule has 0 amide bonds. The van der Waals surface area contributed by atoms with E-state index in [1.165, 1.54) is 37.7 Å². The number of nitrogens with one attached hydrogen (secondary N) is 1. The predicted molar refractivity (Wildman–Crippen MR) is 73.7 cm³/mol. The zero-order valence-electron chi connectivity index (χ0n) is 11.8. The summed E-state index contributed by atoms with van der Waals surface area (Å²) in [4.78, 5) is 0. The third-order valence-electron chi connectivity index (χ3n) is 4.49. The molecule has 1 heterocycles. The summed E-state index contributed by atoms with van der Waals surface area (Å²) >= 11 is 0. The van der Waals surface area contributed by atoms with E-state index in [4.69, 9.17) is 5.84 Å². The quantitative estimate of drug-likeness (QED) is 0.637. The minimum atomic E-state index is 0.254. The number of rotatable bonds is 4. The Labute approximate surface area is 110 Å². The fourth-order valence-electron chi connectivity index (χ4n) is 3.55. The van der Waals surface area contributed by atoms with Gasteiger partial charge in [-0.25, -0.2) is 0 Å². The zero-order chi connectivity index (χ0) is 13.1. The molecule has 1 aromatic rings. The second-order valence-corrected chi connectivity index (χ2v) is 5.60. The number of nitrogens with zero attached hydrogens (tertiary/aromatic N) is 2. The van der Waals surface area contributed by atoms with Crippen molar-refractivity contribution in [3.63, 3.8) is 0 Å². The van der Waals surface area contributed by atoms with E-state index in [0.717, 1.165) is 11.6 Å². The predicted octanol–water partition coefficient (Wildman–Crippen LogP) is 2.45. The van der Waals surface area contributed by atoms with Crippen molar-refractivity contribution in [3.05, 3.63) is 17.5 Å². The van der Waals surface area contributed by atoms with E-state index < -0.39 is 0 Å². The summed E-state index contributed by atoms with van der Waals surface area (Å²) in [6, 6.07) is 0.254. The molecular weight excluding hydrogens is 224 g/mol. The molecule has 2 rings (SSSR count). The molecule has 1 saturated carbocycles. The van der Waals surface area contributed by atoms with Gasteiger partial charge in [-0.05, 0) is 25.2 Å². The molecule has 102 valence electrons. The standard InChI is InChI=1S/C14H26N4/c1-4-11-7-5-6-8-12(11)14(16-15)13-9-18(3)17-10(13)2/h9,11-12,14,16H,4-8,15H2,1-3H3. The summed E-state index contributed by atoms with van der Waals surface area (Å²) < 4.78 is 1.89. The van der Waals surface area contributed by atoms with Crippen LogP contribution >= 0.6 is 0 Å². The van der Waals surface area contributed by atoms with Crippen LogP contribution in [0.15, 0.2) is 6.20 Å². The molecule has 18 heavy (non-hydrogen) atoms. The first-order valence-electron chi connectivity index (χ1n) is 7.13. The van der Waals surface area contributed by atoms with E-state index in [2.05, 4.69) is 30.6 Å². The molecule has 0 aromatic carbocycles. The molecule has 0 bridgehead atoms. The third kappa shape index (κ3) is 2.59. The van der Waals surface area contributed by atoms with Crippen LogP contribution in [0.4, 0.5) is 0 Å². The lowest BCUT2D eigenvalue weighted by atomic mass is 9.72. The number of nitrogens with two attached hydrogens (primary N) is 1. The third-order valence-corrected chi connectivity index (χ3v) is 4.49. The van der Waals surface area contributed by atoms with Gasteiger partial charge in [0.2, 0.25) is 0 Å². The maximum atomic E-state index is 5.84. The van der Waals surface area contributed by atoms with Crippen molar-refractivity contribution in [1.82, 2.24) is 15.2 Å². The van der Waals surface area contributed by atoms with Gasteiger partial charge in [-0.1, -0.05) is 32.6 Å². The number of aryl methyl sites for hydroxylation is 2. The Kier molecular flexibility index (Phi) is 4.40. The molecule has 3 N–H and O–H groups in total. The SMILES string of the molecule is CCC1CCCCC1C(NN)c1cn(C)nc1C. The van der Waals surface area contributed by atoms with Crippen molar-refractivity contribution in [2.24, 2.45) is 24.7 Å². The minimum Gasteiger partial charge on any atom is -0.275 e. The van der Waals surface area contributed by atoms with Crippen molar-refractivity contribution in [3.8, 4) is 0 Å². The molecule has 0 radical (unpaired) electrons. The lowest BCUT2D eigenvalue weighted by Crippen LogP contribution is -2.38. The van der Waals surface area contributed by atoms with Crippen LogP contribution in [0, 0.1) is 18.8 Å². The first kappa shape index (κ1) is 13.6. The van der Waals surface area contributed by atoms with Gasteiger partial charge in [0.15, 0.2) is 0 Å². The summed E-state index contributed by atoms with van der Waals surface area (Å²) in [5.74, 6) is 7.28. The Hall–Kier alpha value is -0.870. The average Bonchev–Trinajstić information content (AvgIpc) is 2.70. The molecule has 0 aliphatic heterocycles. The number of hydrazine groups is 1. The highest BCUT2D eigenvalue weighted by Gasteiger charge is 2.32. The Morgan fingerprint density at radius 1 is 1.50 bits per heavy atom. The number of hydrogen-bond donors (Lipinski definition) is 2. The first-order chi connectivity index (χ1) is 8.67. The van der Waals surface area contributed by atoms with Crippen molar-refractivity contribution in [2.45, 2.75) is 52.0 Å².